The molecule has 1 rings (SSSR count). The third-order valence-corrected chi connectivity index (χ3v) is 2.33. The van der Waals surface area contributed by atoms with E-state index in [0.717, 1.165) is 0 Å². The zero-order chi connectivity index (χ0) is 12.7. The number of aliphatic hydroxyl groups is 1. The van der Waals surface area contributed by atoms with Gasteiger partial charge in [-0.25, -0.2) is 0 Å². The highest BCUT2D eigenvalue weighted by Gasteiger charge is 2.13. The Labute approximate surface area is 100 Å². The number of esters is 1. The van der Waals surface area contributed by atoms with Crippen molar-refractivity contribution in [3.63, 3.8) is 0 Å². The van der Waals surface area contributed by atoms with E-state index < -0.39 is 12.0 Å². The summed E-state index contributed by atoms with van der Waals surface area (Å²) in [5.74, 6) is 0.149. The quantitative estimate of drug-likeness (QED) is 0.704. The molecule has 0 heterocycles. The number of ether oxygens (including phenoxy) is 2. The van der Waals surface area contributed by atoms with Crippen molar-refractivity contribution < 1.29 is 19.4 Å². The maximum Gasteiger partial charge on any atom is 0.322 e. The molecule has 0 aliphatic carbocycles. The first-order chi connectivity index (χ1) is 8.19. The van der Waals surface area contributed by atoms with Gasteiger partial charge in [-0.05, 0) is 6.07 Å². The summed E-state index contributed by atoms with van der Waals surface area (Å²) < 4.78 is 9.95. The van der Waals surface area contributed by atoms with Crippen molar-refractivity contribution in [2.24, 2.45) is 5.73 Å². The van der Waals surface area contributed by atoms with Gasteiger partial charge in [0, 0.05) is 12.0 Å². The molecule has 94 valence electrons. The molecule has 0 aliphatic rings. The SMILES string of the molecule is COC(=O)C(N)CCOc1ccccc1CO. The van der Waals surface area contributed by atoms with Crippen LogP contribution in [0.15, 0.2) is 24.3 Å². The highest BCUT2D eigenvalue weighted by molar-refractivity contribution is 5.75. The van der Waals surface area contributed by atoms with Crippen molar-refractivity contribution in [1.82, 2.24) is 0 Å². The molecule has 1 atom stereocenters. The van der Waals surface area contributed by atoms with Crippen molar-refractivity contribution in [2.75, 3.05) is 13.7 Å². The van der Waals surface area contributed by atoms with Crippen LogP contribution in [0.4, 0.5) is 0 Å². The molecule has 17 heavy (non-hydrogen) atoms. The van der Waals surface area contributed by atoms with E-state index in [2.05, 4.69) is 4.74 Å². The number of nitrogens with two attached hydrogens (primary N) is 1. The minimum absolute atomic E-state index is 0.0841. The van der Waals surface area contributed by atoms with Gasteiger partial charge in [-0.1, -0.05) is 18.2 Å². The average molecular weight is 239 g/mol. The number of aliphatic hydroxyl groups excluding tert-OH is 1. The summed E-state index contributed by atoms with van der Waals surface area (Å²) >= 11 is 0. The van der Waals surface area contributed by atoms with E-state index in [9.17, 15) is 4.79 Å². The van der Waals surface area contributed by atoms with Crippen LogP contribution in [0.5, 0.6) is 5.75 Å². The van der Waals surface area contributed by atoms with Gasteiger partial charge in [-0.2, -0.15) is 0 Å². The number of rotatable bonds is 6. The Kier molecular flexibility index (Phi) is 5.45. The van der Waals surface area contributed by atoms with Crippen LogP contribution in [-0.4, -0.2) is 30.8 Å². The van der Waals surface area contributed by atoms with E-state index in [1.54, 1.807) is 12.1 Å². The van der Waals surface area contributed by atoms with Crippen LogP contribution in [0.3, 0.4) is 0 Å². The molecular weight excluding hydrogens is 222 g/mol. The number of para-hydroxylation sites is 1. The van der Waals surface area contributed by atoms with Crippen LogP contribution >= 0.6 is 0 Å². The number of carbonyl (C=O) groups excluding carboxylic acids is 1. The Morgan fingerprint density at radius 3 is 2.82 bits per heavy atom. The predicted octanol–water partition coefficient (Wildman–Crippen LogP) is 0.448. The van der Waals surface area contributed by atoms with Crippen molar-refractivity contribution in [3.8, 4) is 5.75 Å². The summed E-state index contributed by atoms with van der Waals surface area (Å²) in [5.41, 5.74) is 6.27. The number of benzene rings is 1. The van der Waals surface area contributed by atoms with Crippen LogP contribution in [0.2, 0.25) is 0 Å². The number of carbonyl (C=O) groups is 1. The normalized spacial score (nSPS) is 11.9. The van der Waals surface area contributed by atoms with Crippen LogP contribution in [0, 0.1) is 0 Å². The molecule has 0 bridgehead atoms. The fraction of sp³-hybridized carbons (Fsp3) is 0.417. The van der Waals surface area contributed by atoms with Crippen LogP contribution in [0.1, 0.15) is 12.0 Å². The Balaban J connectivity index is 2.43. The first-order valence-corrected chi connectivity index (χ1v) is 5.34. The largest absolute Gasteiger partial charge is 0.493 e. The predicted molar refractivity (Wildman–Crippen MR) is 62.5 cm³/mol. The third-order valence-electron chi connectivity index (χ3n) is 2.33. The summed E-state index contributed by atoms with van der Waals surface area (Å²) in [7, 11) is 1.30. The summed E-state index contributed by atoms with van der Waals surface area (Å²) in [4.78, 5) is 11.0. The zero-order valence-electron chi connectivity index (χ0n) is 9.76. The van der Waals surface area contributed by atoms with Gasteiger partial charge in [0.15, 0.2) is 0 Å². The smallest absolute Gasteiger partial charge is 0.322 e. The second kappa shape index (κ2) is 6.88. The Morgan fingerprint density at radius 1 is 1.47 bits per heavy atom. The average Bonchev–Trinajstić information content (AvgIpc) is 2.38. The lowest BCUT2D eigenvalue weighted by atomic mass is 10.2. The molecule has 5 nitrogen and oxygen atoms in total. The van der Waals surface area contributed by atoms with Crippen LogP contribution in [-0.2, 0) is 16.1 Å². The summed E-state index contributed by atoms with van der Waals surface area (Å²) in [6.07, 6.45) is 0.367. The third kappa shape index (κ3) is 4.05. The maximum absolute atomic E-state index is 11.0. The molecule has 0 fully saturated rings. The molecule has 1 aromatic rings. The number of hydrogen-bond donors (Lipinski definition) is 2. The topological polar surface area (TPSA) is 81.8 Å². The van der Waals surface area contributed by atoms with Gasteiger partial charge in [0.2, 0.25) is 0 Å². The summed E-state index contributed by atoms with van der Waals surface area (Å²) in [6.45, 7) is 0.215. The first-order valence-electron chi connectivity index (χ1n) is 5.34. The van der Waals surface area contributed by atoms with E-state index in [-0.39, 0.29) is 6.61 Å². The van der Waals surface area contributed by atoms with Gasteiger partial charge in [-0.3, -0.25) is 4.79 Å². The maximum atomic E-state index is 11.0. The van der Waals surface area contributed by atoms with Gasteiger partial charge in [0.1, 0.15) is 11.8 Å². The Hall–Kier alpha value is -1.59. The zero-order valence-corrected chi connectivity index (χ0v) is 9.76. The second-order valence-corrected chi connectivity index (χ2v) is 3.53. The molecule has 5 heteroatoms. The molecule has 0 radical (unpaired) electrons. The van der Waals surface area contributed by atoms with Gasteiger partial charge < -0.3 is 20.3 Å². The van der Waals surface area contributed by atoms with Crippen LogP contribution in [0.25, 0.3) is 0 Å². The van der Waals surface area contributed by atoms with Crippen molar-refractivity contribution >= 4 is 5.97 Å². The summed E-state index contributed by atoms with van der Waals surface area (Å²) in [5, 5.41) is 9.07. The second-order valence-electron chi connectivity index (χ2n) is 3.53. The Bertz CT molecular complexity index is 367. The van der Waals surface area contributed by atoms with Gasteiger partial charge in [-0.15, -0.1) is 0 Å². The lowest BCUT2D eigenvalue weighted by molar-refractivity contribution is -0.142. The molecule has 0 spiro atoms. The minimum atomic E-state index is -0.679. The van der Waals surface area contributed by atoms with Crippen molar-refractivity contribution in [2.45, 2.75) is 19.1 Å². The van der Waals surface area contributed by atoms with E-state index >= 15 is 0 Å². The van der Waals surface area contributed by atoms with E-state index in [0.29, 0.717) is 24.3 Å². The highest BCUT2D eigenvalue weighted by atomic mass is 16.5. The van der Waals surface area contributed by atoms with Crippen LogP contribution < -0.4 is 10.5 Å². The molecule has 0 saturated carbocycles. The van der Waals surface area contributed by atoms with E-state index in [4.69, 9.17) is 15.6 Å². The minimum Gasteiger partial charge on any atom is -0.493 e. The molecule has 3 N–H and O–H groups in total. The monoisotopic (exact) mass is 239 g/mol. The molecular formula is C12H17NO4. The number of methoxy groups -OCH3 is 1. The Morgan fingerprint density at radius 2 is 2.18 bits per heavy atom. The van der Waals surface area contributed by atoms with E-state index in [1.165, 1.54) is 7.11 Å². The molecule has 0 aromatic heterocycles. The first kappa shape index (κ1) is 13.5. The lowest BCUT2D eigenvalue weighted by Gasteiger charge is -2.12. The molecule has 1 aromatic carbocycles. The lowest BCUT2D eigenvalue weighted by Crippen LogP contribution is -2.33. The van der Waals surface area contributed by atoms with Gasteiger partial charge >= 0.3 is 5.97 Å². The molecule has 0 amide bonds. The molecule has 1 unspecified atom stereocenters. The fourth-order valence-electron chi connectivity index (χ4n) is 1.34. The molecule has 0 saturated heterocycles. The summed E-state index contributed by atoms with van der Waals surface area (Å²) in [6, 6.07) is 6.49. The standard InChI is InChI=1S/C12H17NO4/c1-16-12(15)10(13)6-7-17-11-5-3-2-4-9(11)8-14/h2-5,10,14H,6-8,13H2,1H3. The van der Waals surface area contributed by atoms with E-state index in [1.807, 2.05) is 12.1 Å². The fourth-order valence-corrected chi connectivity index (χ4v) is 1.34. The van der Waals surface area contributed by atoms with Gasteiger partial charge in [0.05, 0.1) is 20.3 Å². The van der Waals surface area contributed by atoms with Crippen molar-refractivity contribution in [3.05, 3.63) is 29.8 Å². The van der Waals surface area contributed by atoms with Crippen molar-refractivity contribution in [1.29, 1.82) is 0 Å². The molecule has 0 aliphatic heterocycles. The number of hydrogen-bond acceptors (Lipinski definition) is 5. The highest BCUT2D eigenvalue weighted by Crippen LogP contribution is 2.17. The van der Waals surface area contributed by atoms with Gasteiger partial charge in [0.25, 0.3) is 0 Å².